The molecule has 0 unspecified atom stereocenters. The first-order valence-corrected chi connectivity index (χ1v) is 12.3. The van der Waals surface area contributed by atoms with Crippen LogP contribution in [0, 0.1) is 0 Å². The van der Waals surface area contributed by atoms with Gasteiger partial charge in [-0.2, -0.15) is 9.78 Å². The Hall–Kier alpha value is -3.68. The van der Waals surface area contributed by atoms with Crippen LogP contribution in [-0.2, 0) is 6.30 Å². The van der Waals surface area contributed by atoms with Gasteiger partial charge in [-0.1, -0.05) is 37.3 Å². The van der Waals surface area contributed by atoms with Crippen LogP contribution in [0.5, 0.6) is 0 Å². The first-order valence-electron chi connectivity index (χ1n) is 12.3. The van der Waals surface area contributed by atoms with Crippen LogP contribution in [0.1, 0.15) is 51.3 Å². The lowest BCUT2D eigenvalue weighted by molar-refractivity contribution is -0.212. The molecule has 0 saturated heterocycles. The summed E-state index contributed by atoms with van der Waals surface area (Å²) in [5.41, 5.74) is 8.04. The van der Waals surface area contributed by atoms with E-state index < -0.39 is 6.30 Å². The molecule has 2 N–H and O–H groups in total. The highest BCUT2D eigenvalue weighted by Crippen LogP contribution is 2.43. The zero-order valence-corrected chi connectivity index (χ0v) is 21.1. The highest BCUT2D eigenvalue weighted by atomic mass is 19.4. The average molecular weight is 496 g/mol. The van der Waals surface area contributed by atoms with Crippen molar-refractivity contribution >= 4 is 11.3 Å². The molecule has 2 aliphatic rings. The van der Waals surface area contributed by atoms with E-state index in [1.807, 2.05) is 20.0 Å². The van der Waals surface area contributed by atoms with Gasteiger partial charge < -0.3 is 15.2 Å². The van der Waals surface area contributed by atoms with Crippen LogP contribution in [0.2, 0.25) is 0 Å². The topological polar surface area (TPSA) is 48.9 Å². The zero-order chi connectivity index (χ0) is 25.9. The van der Waals surface area contributed by atoms with Crippen molar-refractivity contribution in [1.82, 2.24) is 25.0 Å². The second-order valence-electron chi connectivity index (χ2n) is 8.72. The number of nitrogens with one attached hydrogen (secondary N) is 2. The molecule has 8 heteroatoms. The quantitative estimate of drug-likeness (QED) is 0.403. The fourth-order valence-corrected chi connectivity index (χ4v) is 4.58. The van der Waals surface area contributed by atoms with Gasteiger partial charge in [0.05, 0.1) is 17.6 Å². The fourth-order valence-electron chi connectivity index (χ4n) is 4.58. The Morgan fingerprint density at radius 2 is 2.03 bits per heavy atom. The summed E-state index contributed by atoms with van der Waals surface area (Å²) in [6, 6.07) is 1.93. The molecule has 0 saturated carbocycles. The number of H-pyrrole nitrogens is 1. The van der Waals surface area contributed by atoms with Crippen LogP contribution in [0.3, 0.4) is 0 Å². The Balaban J connectivity index is 1.85. The first-order chi connectivity index (χ1) is 17.3. The van der Waals surface area contributed by atoms with Gasteiger partial charge in [0.1, 0.15) is 0 Å². The number of hydrogen-bond donors (Lipinski definition) is 2. The van der Waals surface area contributed by atoms with Crippen molar-refractivity contribution in [2.75, 3.05) is 13.6 Å². The summed E-state index contributed by atoms with van der Waals surface area (Å²) >= 11 is 0. The van der Waals surface area contributed by atoms with E-state index in [1.54, 1.807) is 0 Å². The van der Waals surface area contributed by atoms with E-state index in [1.165, 1.54) is 6.20 Å². The molecule has 0 spiro atoms. The Bertz CT molecular complexity index is 1290. The number of halogens is 3. The predicted octanol–water partition coefficient (Wildman–Crippen LogP) is 7.11. The molecule has 0 bridgehead atoms. The lowest BCUT2D eigenvalue weighted by Crippen LogP contribution is -2.17. The van der Waals surface area contributed by atoms with Crippen LogP contribution >= 0.6 is 0 Å². The minimum absolute atomic E-state index is 0.0321. The maximum Gasteiger partial charge on any atom is 0.504 e. The second kappa shape index (κ2) is 10.5. The van der Waals surface area contributed by atoms with Gasteiger partial charge in [-0.15, -0.1) is 13.2 Å². The molecule has 5 nitrogen and oxygen atoms in total. The van der Waals surface area contributed by atoms with Crippen molar-refractivity contribution in [1.29, 1.82) is 0 Å². The molecular formula is C28H32F3N5. The first kappa shape index (κ1) is 25.4. The van der Waals surface area contributed by atoms with Crippen molar-refractivity contribution in [2.24, 2.45) is 0 Å². The van der Waals surface area contributed by atoms with Gasteiger partial charge in [-0.05, 0) is 50.3 Å². The molecule has 190 valence electrons. The number of nitrogens with zero attached hydrogens (tertiary/aromatic N) is 3. The molecule has 2 aromatic heterocycles. The number of alkyl halides is 3. The van der Waals surface area contributed by atoms with E-state index in [-0.39, 0.29) is 4.68 Å². The van der Waals surface area contributed by atoms with Gasteiger partial charge in [-0.3, -0.25) is 0 Å². The van der Waals surface area contributed by atoms with Gasteiger partial charge in [0.25, 0.3) is 0 Å². The highest BCUT2D eigenvalue weighted by molar-refractivity contribution is 5.94. The third-order valence-electron chi connectivity index (χ3n) is 6.24. The summed E-state index contributed by atoms with van der Waals surface area (Å²) in [7, 11) is 1.99. The fraction of sp³-hybridized carbons (Fsp3) is 0.321. The summed E-state index contributed by atoms with van der Waals surface area (Å²) in [5.74, 6) is 0. The van der Waals surface area contributed by atoms with Crippen LogP contribution in [0.15, 0.2) is 78.0 Å². The smallest absolute Gasteiger partial charge is 0.391 e. The number of hydrogen-bond acceptors (Lipinski definition) is 3. The molecule has 0 radical (unpaired) electrons. The summed E-state index contributed by atoms with van der Waals surface area (Å²) in [6.45, 7) is 6.93. The average Bonchev–Trinajstić information content (AvgIpc) is 3.52. The Morgan fingerprint density at radius 1 is 1.22 bits per heavy atom. The molecule has 2 aromatic rings. The summed E-state index contributed by atoms with van der Waals surface area (Å²) < 4.78 is 39.6. The Morgan fingerprint density at radius 3 is 2.64 bits per heavy atom. The van der Waals surface area contributed by atoms with E-state index in [0.29, 0.717) is 11.3 Å². The molecule has 1 aliphatic carbocycles. The van der Waals surface area contributed by atoms with Crippen LogP contribution in [0.25, 0.3) is 22.5 Å². The minimum atomic E-state index is -4.56. The summed E-state index contributed by atoms with van der Waals surface area (Å²) in [6.07, 6.45) is 15.5. The van der Waals surface area contributed by atoms with Crippen molar-refractivity contribution < 1.29 is 13.2 Å². The molecule has 1 aliphatic heterocycles. The molecule has 0 atom stereocenters. The second-order valence-corrected chi connectivity index (χ2v) is 8.72. The molecule has 0 amide bonds. The SMILES string of the molecule is C/C=C(C1=CN(C)/C(=C/CC)c2[nH]c(-c3cnn(C(F)(F)F)c3)cc21)\C(=C/NCC)C1=CCCC=C1. The van der Waals surface area contributed by atoms with Gasteiger partial charge in [0, 0.05) is 60.2 Å². The van der Waals surface area contributed by atoms with Crippen molar-refractivity contribution in [3.05, 3.63) is 89.2 Å². The van der Waals surface area contributed by atoms with Gasteiger partial charge in [0.15, 0.2) is 0 Å². The van der Waals surface area contributed by atoms with E-state index >= 15 is 0 Å². The predicted molar refractivity (Wildman–Crippen MR) is 139 cm³/mol. The Labute approximate surface area is 210 Å². The normalized spacial score (nSPS) is 17.9. The van der Waals surface area contributed by atoms with E-state index in [4.69, 9.17) is 0 Å². The number of allylic oxidation sites excluding steroid dienone is 9. The lowest BCUT2D eigenvalue weighted by atomic mass is 9.85. The van der Waals surface area contributed by atoms with E-state index in [2.05, 4.69) is 76.9 Å². The van der Waals surface area contributed by atoms with E-state index in [9.17, 15) is 13.2 Å². The molecule has 4 rings (SSSR count). The monoisotopic (exact) mass is 495 g/mol. The number of rotatable bonds is 7. The lowest BCUT2D eigenvalue weighted by Gasteiger charge is -2.28. The van der Waals surface area contributed by atoms with Gasteiger partial charge in [-0.25, -0.2) is 0 Å². The van der Waals surface area contributed by atoms with Crippen LogP contribution in [0.4, 0.5) is 13.2 Å². The zero-order valence-electron chi connectivity index (χ0n) is 21.1. The maximum absolute atomic E-state index is 13.2. The maximum atomic E-state index is 13.2. The van der Waals surface area contributed by atoms with Crippen molar-refractivity contribution in [2.45, 2.75) is 46.3 Å². The number of fused-ring (bicyclic) bond motifs is 1. The number of aromatic nitrogens is 3. The van der Waals surface area contributed by atoms with Crippen LogP contribution < -0.4 is 5.32 Å². The van der Waals surface area contributed by atoms with Crippen molar-refractivity contribution in [3.8, 4) is 11.3 Å². The van der Waals surface area contributed by atoms with Gasteiger partial charge >= 0.3 is 6.30 Å². The van der Waals surface area contributed by atoms with Gasteiger partial charge in [0.2, 0.25) is 0 Å². The van der Waals surface area contributed by atoms with Crippen molar-refractivity contribution in [3.63, 3.8) is 0 Å². The van der Waals surface area contributed by atoms with E-state index in [0.717, 1.165) is 71.3 Å². The number of aromatic amines is 1. The Kier molecular flexibility index (Phi) is 7.43. The molecule has 0 aromatic carbocycles. The third-order valence-corrected chi connectivity index (χ3v) is 6.24. The molecular weight excluding hydrogens is 463 g/mol. The largest absolute Gasteiger partial charge is 0.504 e. The summed E-state index contributed by atoms with van der Waals surface area (Å²) in [5, 5.41) is 6.88. The standard InChI is InChI=1S/C28H32F3N5/c1-5-11-26-27-22(14-25(34-27)20-15-33-36(17-20)28(29,30)31)24(18-35(26)4)21(6-2)23(16-32-7-3)19-12-9-8-10-13-19/h6,9,11-18,32,34H,5,7-8,10H2,1-4H3/b21-6+,23-16-,26-11+. The minimum Gasteiger partial charge on any atom is -0.391 e. The third kappa shape index (κ3) is 4.98. The summed E-state index contributed by atoms with van der Waals surface area (Å²) in [4.78, 5) is 5.46. The van der Waals surface area contributed by atoms with Crippen LogP contribution in [-0.4, -0.2) is 33.3 Å². The molecule has 0 fully saturated rings. The molecule has 36 heavy (non-hydrogen) atoms. The molecule has 3 heterocycles. The highest BCUT2D eigenvalue weighted by Gasteiger charge is 2.32.